The van der Waals surface area contributed by atoms with Crippen LogP contribution in [0.5, 0.6) is 0 Å². The topological polar surface area (TPSA) is 89.6 Å². The SMILES string of the molecule is CCCCCCCCCCN.COS(=O)(=O)O. The van der Waals surface area contributed by atoms with Crippen molar-refractivity contribution in [2.45, 2.75) is 58.3 Å². The zero-order chi connectivity index (χ0) is 13.6. The summed E-state index contributed by atoms with van der Waals surface area (Å²) in [5.74, 6) is 0. The van der Waals surface area contributed by atoms with Gasteiger partial charge in [-0.15, -0.1) is 0 Å². The minimum atomic E-state index is -4.16. The van der Waals surface area contributed by atoms with Crippen molar-refractivity contribution in [1.29, 1.82) is 0 Å². The lowest BCUT2D eigenvalue weighted by Crippen LogP contribution is -1.97. The average molecular weight is 269 g/mol. The largest absolute Gasteiger partial charge is 0.397 e. The highest BCUT2D eigenvalue weighted by Crippen LogP contribution is 2.07. The molecule has 0 aromatic carbocycles. The average Bonchev–Trinajstić information content (AvgIpc) is 2.28. The summed E-state index contributed by atoms with van der Waals surface area (Å²) < 4.78 is 29.7. The first-order valence-electron chi connectivity index (χ1n) is 6.21. The molecule has 5 nitrogen and oxygen atoms in total. The van der Waals surface area contributed by atoms with E-state index in [1.165, 1.54) is 51.4 Å². The van der Waals surface area contributed by atoms with Gasteiger partial charge < -0.3 is 5.73 Å². The first kappa shape index (κ1) is 19.2. The Morgan fingerprint density at radius 1 is 1.00 bits per heavy atom. The maximum Gasteiger partial charge on any atom is 0.397 e. The van der Waals surface area contributed by atoms with E-state index >= 15 is 0 Å². The number of unbranched alkanes of at least 4 members (excludes halogenated alkanes) is 7. The minimum absolute atomic E-state index is 0.870. The molecule has 0 saturated heterocycles. The van der Waals surface area contributed by atoms with E-state index in [0.29, 0.717) is 0 Å². The van der Waals surface area contributed by atoms with Gasteiger partial charge >= 0.3 is 10.4 Å². The number of hydrogen-bond acceptors (Lipinski definition) is 4. The van der Waals surface area contributed by atoms with Crippen molar-refractivity contribution in [3.63, 3.8) is 0 Å². The predicted molar refractivity (Wildman–Crippen MR) is 70.2 cm³/mol. The van der Waals surface area contributed by atoms with Gasteiger partial charge in [0.2, 0.25) is 0 Å². The molecule has 0 fully saturated rings. The van der Waals surface area contributed by atoms with Crippen molar-refractivity contribution in [3.8, 4) is 0 Å². The molecule has 0 aliphatic heterocycles. The van der Waals surface area contributed by atoms with Gasteiger partial charge in [-0.3, -0.25) is 8.74 Å². The zero-order valence-corrected chi connectivity index (χ0v) is 11.8. The van der Waals surface area contributed by atoms with Crippen molar-refractivity contribution in [2.75, 3.05) is 13.7 Å². The lowest BCUT2D eigenvalue weighted by Gasteiger charge is -1.99. The van der Waals surface area contributed by atoms with Gasteiger partial charge in [-0.2, -0.15) is 8.42 Å². The standard InChI is InChI=1S/C10H23N.CH4O4S/c1-2-3-4-5-6-7-8-9-10-11;1-5-6(2,3)4/h2-11H2,1H3;1H3,(H,2,3,4). The third-order valence-electron chi connectivity index (χ3n) is 2.27. The second kappa shape index (κ2) is 13.9. The molecule has 0 aromatic rings. The molecule has 0 rings (SSSR count). The van der Waals surface area contributed by atoms with Crippen molar-refractivity contribution in [2.24, 2.45) is 5.73 Å². The van der Waals surface area contributed by atoms with Crippen molar-refractivity contribution < 1.29 is 17.2 Å². The Morgan fingerprint density at radius 3 is 1.65 bits per heavy atom. The molecule has 0 unspecified atom stereocenters. The van der Waals surface area contributed by atoms with Crippen LogP contribution in [-0.4, -0.2) is 26.6 Å². The zero-order valence-electron chi connectivity index (χ0n) is 11.0. The lowest BCUT2D eigenvalue weighted by atomic mass is 10.1. The lowest BCUT2D eigenvalue weighted by molar-refractivity contribution is 0.324. The van der Waals surface area contributed by atoms with Crippen LogP contribution in [0.3, 0.4) is 0 Å². The molecule has 0 radical (unpaired) electrons. The molecule has 17 heavy (non-hydrogen) atoms. The minimum Gasteiger partial charge on any atom is -0.330 e. The van der Waals surface area contributed by atoms with Gasteiger partial charge in [-0.05, 0) is 13.0 Å². The van der Waals surface area contributed by atoms with E-state index in [-0.39, 0.29) is 0 Å². The maximum absolute atomic E-state index is 9.33. The van der Waals surface area contributed by atoms with Gasteiger partial charge in [-0.25, -0.2) is 0 Å². The molecule has 0 aliphatic rings. The van der Waals surface area contributed by atoms with Crippen molar-refractivity contribution >= 4 is 10.4 Å². The third-order valence-corrected chi connectivity index (χ3v) is 2.69. The van der Waals surface area contributed by atoms with Crippen LogP contribution < -0.4 is 5.73 Å². The van der Waals surface area contributed by atoms with E-state index in [4.69, 9.17) is 10.3 Å². The van der Waals surface area contributed by atoms with E-state index in [1.807, 2.05) is 0 Å². The highest BCUT2D eigenvalue weighted by atomic mass is 32.3. The van der Waals surface area contributed by atoms with E-state index in [2.05, 4.69) is 11.1 Å². The third kappa shape index (κ3) is 25.8. The molecular formula is C11H27NO4S. The molecule has 0 amide bonds. The predicted octanol–water partition coefficient (Wildman–Crippen LogP) is 2.52. The van der Waals surface area contributed by atoms with Crippen molar-refractivity contribution in [1.82, 2.24) is 0 Å². The van der Waals surface area contributed by atoms with Crippen LogP contribution in [0.1, 0.15) is 58.3 Å². The van der Waals surface area contributed by atoms with E-state index in [1.54, 1.807) is 0 Å². The smallest absolute Gasteiger partial charge is 0.330 e. The van der Waals surface area contributed by atoms with E-state index in [0.717, 1.165) is 13.7 Å². The van der Waals surface area contributed by atoms with Gasteiger partial charge in [-0.1, -0.05) is 51.9 Å². The van der Waals surface area contributed by atoms with Crippen LogP contribution in [0.25, 0.3) is 0 Å². The summed E-state index contributed by atoms with van der Waals surface area (Å²) in [5.41, 5.74) is 5.39. The fourth-order valence-electron chi connectivity index (χ4n) is 1.28. The van der Waals surface area contributed by atoms with Crippen LogP contribution in [0.2, 0.25) is 0 Å². The number of rotatable bonds is 9. The Morgan fingerprint density at radius 2 is 1.35 bits per heavy atom. The summed E-state index contributed by atoms with van der Waals surface area (Å²) in [4.78, 5) is 0. The Balaban J connectivity index is 0. The summed E-state index contributed by atoms with van der Waals surface area (Å²) >= 11 is 0. The van der Waals surface area contributed by atoms with Crippen LogP contribution >= 0.6 is 0 Å². The molecule has 0 spiro atoms. The Kier molecular flexibility index (Phi) is 15.7. The van der Waals surface area contributed by atoms with Gasteiger partial charge in [0, 0.05) is 0 Å². The molecule has 6 heteroatoms. The summed E-state index contributed by atoms with van der Waals surface area (Å²) in [5, 5.41) is 0. The molecular weight excluding hydrogens is 242 g/mol. The number of hydrogen-bond donors (Lipinski definition) is 2. The quantitative estimate of drug-likeness (QED) is 0.496. The normalized spacial score (nSPS) is 10.8. The second-order valence-corrected chi connectivity index (χ2v) is 5.05. The fraction of sp³-hybridized carbons (Fsp3) is 1.00. The summed E-state index contributed by atoms with van der Waals surface area (Å²) in [6.45, 7) is 3.13. The van der Waals surface area contributed by atoms with Crippen LogP contribution in [0.15, 0.2) is 0 Å². The summed E-state index contributed by atoms with van der Waals surface area (Å²) in [7, 11) is -3.29. The number of nitrogens with two attached hydrogens (primary N) is 1. The molecule has 0 atom stereocenters. The second-order valence-electron chi connectivity index (χ2n) is 3.86. The fourth-order valence-corrected chi connectivity index (χ4v) is 1.28. The first-order valence-corrected chi connectivity index (χ1v) is 7.57. The summed E-state index contributed by atoms with van der Waals surface area (Å²) in [6, 6.07) is 0. The Labute approximate surface area is 106 Å². The van der Waals surface area contributed by atoms with Gasteiger partial charge in [0.25, 0.3) is 0 Å². The Bertz CT molecular complexity index is 222. The highest BCUT2D eigenvalue weighted by molar-refractivity contribution is 7.80. The van der Waals surface area contributed by atoms with Crippen LogP contribution in [0, 0.1) is 0 Å². The molecule has 0 heterocycles. The summed E-state index contributed by atoms with van der Waals surface area (Å²) in [6.07, 6.45) is 11.0. The molecule has 0 aliphatic carbocycles. The van der Waals surface area contributed by atoms with Crippen LogP contribution in [0.4, 0.5) is 0 Å². The molecule has 106 valence electrons. The van der Waals surface area contributed by atoms with Gasteiger partial charge in [0.15, 0.2) is 0 Å². The van der Waals surface area contributed by atoms with Gasteiger partial charge in [0.1, 0.15) is 0 Å². The first-order chi connectivity index (χ1) is 7.97. The van der Waals surface area contributed by atoms with E-state index < -0.39 is 10.4 Å². The Hall–Kier alpha value is -0.170. The maximum atomic E-state index is 9.33. The monoisotopic (exact) mass is 269 g/mol. The van der Waals surface area contributed by atoms with Crippen molar-refractivity contribution in [3.05, 3.63) is 0 Å². The highest BCUT2D eigenvalue weighted by Gasteiger charge is 1.94. The molecule has 0 saturated carbocycles. The van der Waals surface area contributed by atoms with E-state index in [9.17, 15) is 8.42 Å². The molecule has 3 N–H and O–H groups in total. The van der Waals surface area contributed by atoms with Crippen LogP contribution in [-0.2, 0) is 14.6 Å². The molecule has 0 aromatic heterocycles. The molecule has 0 bridgehead atoms. The van der Waals surface area contributed by atoms with Gasteiger partial charge in [0.05, 0.1) is 7.11 Å².